The minimum absolute atomic E-state index is 0.728. The third kappa shape index (κ3) is 4.29. The second-order valence-corrected chi connectivity index (χ2v) is 6.12. The van der Waals surface area contributed by atoms with Crippen LogP contribution in [0, 0.1) is 0 Å². The highest BCUT2D eigenvalue weighted by molar-refractivity contribution is 9.11. The fourth-order valence-corrected chi connectivity index (χ4v) is 3.14. The maximum absolute atomic E-state index is 5.68. The first-order chi connectivity index (χ1) is 7.19. The molecule has 84 valence electrons. The zero-order valence-corrected chi connectivity index (χ0v) is 13.8. The molecule has 1 rings (SSSR count). The monoisotopic (exact) mass is 416 g/mol. The molecule has 0 spiro atoms. The molecule has 0 aromatic heterocycles. The molecule has 0 radical (unpaired) electrons. The quantitative estimate of drug-likeness (QED) is 0.499. The summed E-state index contributed by atoms with van der Waals surface area (Å²) in [5.74, 6) is 1.88. The standard InChI is InChI=1S/C10H11Br3OS/c1-15-3-2-14-10-8(12)4-7(6-11)5-9(10)13/h4-5H,2-3,6H2,1H3. The Bertz CT molecular complexity index is 307. The Kier molecular flexibility index (Phi) is 6.66. The van der Waals surface area contributed by atoms with Crippen LogP contribution in [-0.2, 0) is 5.33 Å². The molecule has 1 aromatic rings. The molecule has 1 aromatic carbocycles. The topological polar surface area (TPSA) is 9.23 Å². The number of hydrogen-bond acceptors (Lipinski definition) is 2. The zero-order valence-electron chi connectivity index (χ0n) is 8.23. The van der Waals surface area contributed by atoms with Gasteiger partial charge in [0.15, 0.2) is 0 Å². The zero-order chi connectivity index (χ0) is 11.3. The van der Waals surface area contributed by atoms with Crippen LogP contribution in [0.4, 0.5) is 0 Å². The van der Waals surface area contributed by atoms with Crippen LogP contribution in [0.15, 0.2) is 21.1 Å². The van der Waals surface area contributed by atoms with Crippen LogP contribution >= 0.6 is 59.6 Å². The number of hydrogen-bond donors (Lipinski definition) is 0. The van der Waals surface area contributed by atoms with Gasteiger partial charge in [-0.05, 0) is 55.8 Å². The van der Waals surface area contributed by atoms with Gasteiger partial charge in [-0.1, -0.05) is 15.9 Å². The summed E-state index contributed by atoms with van der Waals surface area (Å²) in [4.78, 5) is 0. The van der Waals surface area contributed by atoms with Gasteiger partial charge in [-0.3, -0.25) is 0 Å². The smallest absolute Gasteiger partial charge is 0.147 e. The SMILES string of the molecule is CSCCOc1c(Br)cc(CBr)cc1Br. The first-order valence-electron chi connectivity index (χ1n) is 4.34. The van der Waals surface area contributed by atoms with E-state index in [4.69, 9.17) is 4.74 Å². The summed E-state index contributed by atoms with van der Waals surface area (Å²) < 4.78 is 7.66. The molecule has 0 aliphatic rings. The normalized spacial score (nSPS) is 10.4. The summed E-state index contributed by atoms with van der Waals surface area (Å²) in [7, 11) is 0. The summed E-state index contributed by atoms with van der Waals surface area (Å²) in [6.07, 6.45) is 2.07. The summed E-state index contributed by atoms with van der Waals surface area (Å²) in [6, 6.07) is 4.13. The highest BCUT2D eigenvalue weighted by Gasteiger charge is 2.08. The Hall–Kier alpha value is 0.810. The first-order valence-corrected chi connectivity index (χ1v) is 8.44. The van der Waals surface area contributed by atoms with Crippen LogP contribution in [-0.4, -0.2) is 18.6 Å². The second-order valence-electron chi connectivity index (χ2n) is 2.86. The van der Waals surface area contributed by atoms with Crippen molar-refractivity contribution in [1.29, 1.82) is 0 Å². The fraction of sp³-hybridized carbons (Fsp3) is 0.400. The Morgan fingerprint density at radius 3 is 2.33 bits per heavy atom. The van der Waals surface area contributed by atoms with E-state index in [1.807, 2.05) is 0 Å². The second kappa shape index (κ2) is 7.20. The van der Waals surface area contributed by atoms with Crippen LogP contribution in [0.2, 0.25) is 0 Å². The van der Waals surface area contributed by atoms with Crippen LogP contribution in [0.25, 0.3) is 0 Å². The molecule has 0 atom stereocenters. The summed E-state index contributed by atoms with van der Waals surface area (Å²) in [5, 5.41) is 0.843. The van der Waals surface area contributed by atoms with Gasteiger partial charge in [-0.25, -0.2) is 0 Å². The van der Waals surface area contributed by atoms with Crippen molar-refractivity contribution in [1.82, 2.24) is 0 Å². The van der Waals surface area contributed by atoms with Crippen molar-refractivity contribution in [3.8, 4) is 5.75 Å². The van der Waals surface area contributed by atoms with E-state index >= 15 is 0 Å². The Balaban J connectivity index is 2.79. The molecule has 0 fully saturated rings. The van der Waals surface area contributed by atoms with E-state index < -0.39 is 0 Å². The molecular weight excluding hydrogens is 408 g/mol. The highest BCUT2D eigenvalue weighted by Crippen LogP contribution is 2.35. The third-order valence-electron chi connectivity index (χ3n) is 1.75. The Morgan fingerprint density at radius 1 is 1.27 bits per heavy atom. The van der Waals surface area contributed by atoms with E-state index in [9.17, 15) is 0 Å². The number of alkyl halides is 1. The molecule has 5 heteroatoms. The van der Waals surface area contributed by atoms with Crippen LogP contribution in [0.1, 0.15) is 5.56 Å². The average molecular weight is 419 g/mol. The molecule has 0 unspecified atom stereocenters. The first kappa shape index (κ1) is 13.9. The van der Waals surface area contributed by atoms with E-state index in [0.717, 1.165) is 32.4 Å². The van der Waals surface area contributed by atoms with Crippen LogP contribution in [0.5, 0.6) is 5.75 Å². The summed E-state index contributed by atoms with van der Waals surface area (Å²) >= 11 is 12.2. The predicted molar refractivity (Wildman–Crippen MR) is 78.4 cm³/mol. The minimum Gasteiger partial charge on any atom is -0.490 e. The molecular formula is C10H11Br3OS. The van der Waals surface area contributed by atoms with Gasteiger partial charge in [0, 0.05) is 11.1 Å². The van der Waals surface area contributed by atoms with E-state index in [1.54, 1.807) is 11.8 Å². The number of thioether (sulfide) groups is 1. The van der Waals surface area contributed by atoms with Crippen molar-refractivity contribution in [2.45, 2.75) is 5.33 Å². The fourth-order valence-electron chi connectivity index (χ4n) is 1.05. The lowest BCUT2D eigenvalue weighted by Crippen LogP contribution is -2.01. The van der Waals surface area contributed by atoms with Crippen molar-refractivity contribution in [2.75, 3.05) is 18.6 Å². The lowest BCUT2D eigenvalue weighted by molar-refractivity contribution is 0.339. The Morgan fingerprint density at radius 2 is 1.87 bits per heavy atom. The maximum atomic E-state index is 5.68. The number of rotatable bonds is 5. The van der Waals surface area contributed by atoms with Crippen molar-refractivity contribution >= 4 is 59.6 Å². The van der Waals surface area contributed by atoms with E-state index in [0.29, 0.717) is 0 Å². The van der Waals surface area contributed by atoms with Gasteiger partial charge in [-0.15, -0.1) is 0 Å². The van der Waals surface area contributed by atoms with Crippen LogP contribution < -0.4 is 4.74 Å². The molecule has 0 saturated heterocycles. The predicted octanol–water partition coefficient (Wildman–Crippen LogP) is 4.85. The van der Waals surface area contributed by atoms with Crippen LogP contribution in [0.3, 0.4) is 0 Å². The molecule has 1 nitrogen and oxygen atoms in total. The summed E-state index contributed by atoms with van der Waals surface area (Å²) in [6.45, 7) is 0.728. The van der Waals surface area contributed by atoms with Gasteiger partial charge in [0.1, 0.15) is 5.75 Å². The lowest BCUT2D eigenvalue weighted by Gasteiger charge is -2.11. The molecule has 15 heavy (non-hydrogen) atoms. The molecule has 0 aliphatic carbocycles. The highest BCUT2D eigenvalue weighted by atomic mass is 79.9. The van der Waals surface area contributed by atoms with E-state index in [1.165, 1.54) is 5.56 Å². The number of ether oxygens (including phenoxy) is 1. The van der Waals surface area contributed by atoms with Gasteiger partial charge in [0.2, 0.25) is 0 Å². The minimum atomic E-state index is 0.728. The van der Waals surface area contributed by atoms with Gasteiger partial charge in [0.25, 0.3) is 0 Å². The third-order valence-corrected chi connectivity index (χ3v) is 4.15. The van der Waals surface area contributed by atoms with Gasteiger partial charge < -0.3 is 4.74 Å². The molecule has 0 heterocycles. The van der Waals surface area contributed by atoms with Gasteiger partial charge >= 0.3 is 0 Å². The van der Waals surface area contributed by atoms with Crippen molar-refractivity contribution in [3.63, 3.8) is 0 Å². The van der Waals surface area contributed by atoms with Gasteiger partial charge in [0.05, 0.1) is 15.6 Å². The summed E-state index contributed by atoms with van der Waals surface area (Å²) in [5.41, 5.74) is 1.21. The lowest BCUT2D eigenvalue weighted by atomic mass is 10.2. The molecule has 0 amide bonds. The molecule has 0 bridgehead atoms. The molecule has 0 N–H and O–H groups in total. The van der Waals surface area contributed by atoms with Crippen molar-refractivity contribution < 1.29 is 4.74 Å². The maximum Gasteiger partial charge on any atom is 0.147 e. The van der Waals surface area contributed by atoms with E-state index in [2.05, 4.69) is 66.2 Å². The number of benzene rings is 1. The largest absolute Gasteiger partial charge is 0.490 e. The van der Waals surface area contributed by atoms with Gasteiger partial charge in [-0.2, -0.15) is 11.8 Å². The average Bonchev–Trinajstić information content (AvgIpc) is 2.22. The molecule has 0 saturated carbocycles. The van der Waals surface area contributed by atoms with E-state index in [-0.39, 0.29) is 0 Å². The molecule has 0 aliphatic heterocycles. The van der Waals surface area contributed by atoms with Crippen molar-refractivity contribution in [3.05, 3.63) is 26.6 Å². The Labute approximate surface area is 120 Å². The van der Waals surface area contributed by atoms with Crippen molar-refractivity contribution in [2.24, 2.45) is 0 Å². The number of halogens is 3.